The highest BCUT2D eigenvalue weighted by atomic mass is 35.5. The topological polar surface area (TPSA) is 28.7 Å². The number of halogens is 1. The lowest BCUT2D eigenvalue weighted by Crippen LogP contribution is -1.99. The molecule has 0 saturated heterocycles. The average Bonchev–Trinajstić information content (AvgIpc) is 2.92. The van der Waals surface area contributed by atoms with Crippen LogP contribution in [-0.4, -0.2) is 9.97 Å². The maximum absolute atomic E-state index is 6.45. The molecule has 2 nitrogen and oxygen atoms in total. The molecular formula is C19H21ClN2. The Kier molecular flexibility index (Phi) is 3.96. The lowest BCUT2D eigenvalue weighted by Gasteiger charge is -2.16. The van der Waals surface area contributed by atoms with E-state index in [1.807, 2.05) is 6.20 Å². The number of benzene rings is 1. The number of aryl methyl sites for hydroxylation is 4. The van der Waals surface area contributed by atoms with E-state index < -0.39 is 0 Å². The highest BCUT2D eigenvalue weighted by molar-refractivity contribution is 6.34. The van der Waals surface area contributed by atoms with E-state index in [1.165, 1.54) is 33.2 Å². The van der Waals surface area contributed by atoms with Gasteiger partial charge >= 0.3 is 0 Å². The Labute approximate surface area is 136 Å². The standard InChI is InChI=1S/C19H21ClN2/c1-5-13-8-7-9-14(6-2)16(13)17-12(4)15-11(3)10-21-18(15)19(20)22-17/h7-10,21H,5-6H2,1-4H3. The van der Waals surface area contributed by atoms with Crippen LogP contribution in [0.15, 0.2) is 24.4 Å². The molecule has 2 aromatic heterocycles. The molecule has 0 aliphatic heterocycles. The molecule has 0 radical (unpaired) electrons. The van der Waals surface area contributed by atoms with Gasteiger partial charge in [0.25, 0.3) is 0 Å². The molecule has 0 unspecified atom stereocenters. The van der Waals surface area contributed by atoms with Crippen molar-refractivity contribution in [1.82, 2.24) is 9.97 Å². The minimum absolute atomic E-state index is 0.552. The van der Waals surface area contributed by atoms with Gasteiger partial charge in [-0.25, -0.2) is 4.98 Å². The maximum atomic E-state index is 6.45. The summed E-state index contributed by atoms with van der Waals surface area (Å²) in [5.74, 6) is 0. The second-order valence-electron chi connectivity index (χ2n) is 5.76. The molecule has 3 heteroatoms. The SMILES string of the molecule is CCc1cccc(CC)c1-c1nc(Cl)c2[nH]cc(C)c2c1C. The van der Waals surface area contributed by atoms with Gasteiger partial charge < -0.3 is 4.98 Å². The van der Waals surface area contributed by atoms with E-state index in [2.05, 4.69) is 50.9 Å². The summed E-state index contributed by atoms with van der Waals surface area (Å²) >= 11 is 6.45. The summed E-state index contributed by atoms with van der Waals surface area (Å²) in [6.45, 7) is 8.64. The first-order valence-corrected chi connectivity index (χ1v) is 8.21. The van der Waals surface area contributed by atoms with Crippen molar-refractivity contribution in [2.75, 3.05) is 0 Å². The summed E-state index contributed by atoms with van der Waals surface area (Å²) in [4.78, 5) is 7.97. The largest absolute Gasteiger partial charge is 0.358 e. The van der Waals surface area contributed by atoms with E-state index in [4.69, 9.17) is 16.6 Å². The van der Waals surface area contributed by atoms with Crippen molar-refractivity contribution in [1.29, 1.82) is 0 Å². The van der Waals surface area contributed by atoms with Gasteiger partial charge in [-0.05, 0) is 48.9 Å². The van der Waals surface area contributed by atoms with Gasteiger partial charge in [0.1, 0.15) is 0 Å². The van der Waals surface area contributed by atoms with Crippen LogP contribution < -0.4 is 0 Å². The quantitative estimate of drug-likeness (QED) is 0.624. The van der Waals surface area contributed by atoms with Crippen LogP contribution in [0.2, 0.25) is 5.15 Å². The second-order valence-corrected chi connectivity index (χ2v) is 6.11. The summed E-state index contributed by atoms with van der Waals surface area (Å²) in [7, 11) is 0. The summed E-state index contributed by atoms with van der Waals surface area (Å²) in [5.41, 5.74) is 8.30. The van der Waals surface area contributed by atoms with Crippen LogP contribution in [0, 0.1) is 13.8 Å². The molecule has 114 valence electrons. The molecule has 0 spiro atoms. The molecule has 22 heavy (non-hydrogen) atoms. The summed E-state index contributed by atoms with van der Waals surface area (Å²) in [6, 6.07) is 6.52. The molecule has 3 rings (SSSR count). The number of rotatable bonds is 3. The Morgan fingerprint density at radius 2 is 1.73 bits per heavy atom. The van der Waals surface area contributed by atoms with Gasteiger partial charge in [-0.3, -0.25) is 0 Å². The van der Waals surface area contributed by atoms with Gasteiger partial charge in [0.15, 0.2) is 5.15 Å². The van der Waals surface area contributed by atoms with Crippen LogP contribution in [0.25, 0.3) is 22.2 Å². The Morgan fingerprint density at radius 3 is 2.32 bits per heavy atom. The highest BCUT2D eigenvalue weighted by Crippen LogP contribution is 2.36. The minimum Gasteiger partial charge on any atom is -0.358 e. The third-order valence-corrected chi connectivity index (χ3v) is 4.73. The lowest BCUT2D eigenvalue weighted by molar-refractivity contribution is 1.08. The molecule has 0 bridgehead atoms. The van der Waals surface area contributed by atoms with E-state index in [9.17, 15) is 0 Å². The van der Waals surface area contributed by atoms with E-state index in [-0.39, 0.29) is 0 Å². The summed E-state index contributed by atoms with van der Waals surface area (Å²) in [5, 5.41) is 1.75. The molecule has 0 fully saturated rings. The van der Waals surface area contributed by atoms with Crippen molar-refractivity contribution in [3.05, 3.63) is 51.8 Å². The first kappa shape index (κ1) is 15.1. The predicted octanol–water partition coefficient (Wildman–Crippen LogP) is 5.62. The van der Waals surface area contributed by atoms with Crippen molar-refractivity contribution in [2.45, 2.75) is 40.5 Å². The number of aromatic amines is 1. The Morgan fingerprint density at radius 1 is 1.09 bits per heavy atom. The Balaban J connectivity index is 2.41. The second kappa shape index (κ2) is 5.77. The van der Waals surface area contributed by atoms with E-state index >= 15 is 0 Å². The third-order valence-electron chi connectivity index (χ3n) is 4.46. The number of pyridine rings is 1. The van der Waals surface area contributed by atoms with Crippen LogP contribution in [0.4, 0.5) is 0 Å². The number of H-pyrrole nitrogens is 1. The predicted molar refractivity (Wildman–Crippen MR) is 94.8 cm³/mol. The number of fused-ring (bicyclic) bond motifs is 1. The van der Waals surface area contributed by atoms with Gasteiger partial charge in [0.2, 0.25) is 0 Å². The van der Waals surface area contributed by atoms with Crippen molar-refractivity contribution in [3.8, 4) is 11.3 Å². The fourth-order valence-electron chi connectivity index (χ4n) is 3.31. The van der Waals surface area contributed by atoms with Crippen molar-refractivity contribution in [3.63, 3.8) is 0 Å². The number of hydrogen-bond donors (Lipinski definition) is 1. The van der Waals surface area contributed by atoms with Crippen molar-refractivity contribution in [2.24, 2.45) is 0 Å². The first-order chi connectivity index (χ1) is 10.6. The van der Waals surface area contributed by atoms with Crippen LogP contribution >= 0.6 is 11.6 Å². The van der Waals surface area contributed by atoms with Gasteiger partial charge in [-0.1, -0.05) is 43.6 Å². The van der Waals surface area contributed by atoms with Gasteiger partial charge in [0.05, 0.1) is 11.2 Å². The van der Waals surface area contributed by atoms with Gasteiger partial charge in [-0.15, -0.1) is 0 Å². The zero-order valence-electron chi connectivity index (χ0n) is 13.5. The normalized spacial score (nSPS) is 11.3. The fourth-order valence-corrected chi connectivity index (χ4v) is 3.55. The zero-order chi connectivity index (χ0) is 15.9. The van der Waals surface area contributed by atoms with Crippen LogP contribution in [0.3, 0.4) is 0 Å². The molecule has 0 saturated carbocycles. The maximum Gasteiger partial charge on any atom is 0.153 e. The molecule has 1 aromatic carbocycles. The number of nitrogens with zero attached hydrogens (tertiary/aromatic N) is 1. The number of nitrogens with one attached hydrogen (secondary N) is 1. The van der Waals surface area contributed by atoms with Crippen LogP contribution in [0.5, 0.6) is 0 Å². The summed E-state index contributed by atoms with van der Waals surface area (Å²) < 4.78 is 0. The average molecular weight is 313 g/mol. The Hall–Kier alpha value is -1.80. The van der Waals surface area contributed by atoms with Gasteiger partial charge in [0, 0.05) is 17.1 Å². The molecule has 0 amide bonds. The zero-order valence-corrected chi connectivity index (χ0v) is 14.3. The molecule has 3 aromatic rings. The molecule has 0 atom stereocenters. The monoisotopic (exact) mass is 312 g/mol. The van der Waals surface area contributed by atoms with E-state index in [0.717, 1.165) is 24.1 Å². The Bertz CT molecular complexity index is 824. The third kappa shape index (κ3) is 2.22. The lowest BCUT2D eigenvalue weighted by atomic mass is 9.91. The molecule has 0 aliphatic rings. The first-order valence-electron chi connectivity index (χ1n) is 7.83. The molecule has 1 N–H and O–H groups in total. The summed E-state index contributed by atoms with van der Waals surface area (Å²) in [6.07, 6.45) is 3.99. The van der Waals surface area contributed by atoms with Crippen molar-refractivity contribution >= 4 is 22.5 Å². The van der Waals surface area contributed by atoms with E-state index in [0.29, 0.717) is 5.15 Å². The molecular weight excluding hydrogens is 292 g/mol. The van der Waals surface area contributed by atoms with Crippen LogP contribution in [0.1, 0.15) is 36.1 Å². The minimum atomic E-state index is 0.552. The molecule has 0 aliphatic carbocycles. The smallest absolute Gasteiger partial charge is 0.153 e. The number of aromatic nitrogens is 2. The van der Waals surface area contributed by atoms with Gasteiger partial charge in [-0.2, -0.15) is 0 Å². The van der Waals surface area contributed by atoms with Crippen molar-refractivity contribution < 1.29 is 0 Å². The molecule has 2 heterocycles. The van der Waals surface area contributed by atoms with E-state index in [1.54, 1.807) is 0 Å². The van der Waals surface area contributed by atoms with Crippen LogP contribution in [-0.2, 0) is 12.8 Å². The highest BCUT2D eigenvalue weighted by Gasteiger charge is 2.18. The fraction of sp³-hybridized carbons (Fsp3) is 0.316. The number of hydrogen-bond acceptors (Lipinski definition) is 1.